The number of amides is 2. The first-order valence-electron chi connectivity index (χ1n) is 18.7. The number of alkyl halides is 1. The van der Waals surface area contributed by atoms with Crippen LogP contribution < -0.4 is 16.0 Å². The van der Waals surface area contributed by atoms with Crippen LogP contribution in [0, 0.1) is 23.5 Å². The van der Waals surface area contributed by atoms with E-state index >= 15 is 8.78 Å². The maximum Gasteiger partial charge on any atom is 0.407 e. The molecule has 0 bridgehead atoms. The average molecular weight is 768 g/mol. The Morgan fingerprint density at radius 2 is 1.63 bits per heavy atom. The number of nitrogens with zero attached hydrogens (tertiary/aromatic N) is 3. The monoisotopic (exact) mass is 767 g/mol. The topological polar surface area (TPSA) is 125 Å². The number of carbonyl (C=O) groups is 2. The molecule has 0 radical (unpaired) electrons. The number of nitrogens with two attached hydrogens (primary N) is 1. The zero-order valence-electron chi connectivity index (χ0n) is 30.5. The van der Waals surface area contributed by atoms with Crippen LogP contribution in [0.3, 0.4) is 0 Å². The molecule has 290 valence electrons. The predicted molar refractivity (Wildman–Crippen MR) is 198 cm³/mol. The highest BCUT2D eigenvalue weighted by Crippen LogP contribution is 2.52. The number of hydrogen-bond donors (Lipinski definition) is 2. The second kappa shape index (κ2) is 15.2. The van der Waals surface area contributed by atoms with Crippen molar-refractivity contribution in [3.8, 4) is 0 Å². The van der Waals surface area contributed by atoms with E-state index in [1.165, 1.54) is 43.5 Å². The van der Waals surface area contributed by atoms with Gasteiger partial charge >= 0.3 is 6.09 Å². The fraction of sp³-hybridized carbons (Fsp3) is 0.500. The first-order chi connectivity index (χ1) is 25.8. The molecule has 4 fully saturated rings. The summed E-state index contributed by atoms with van der Waals surface area (Å²) in [7, 11) is -2.77. The number of benzene rings is 3. The molecule has 3 saturated heterocycles. The summed E-state index contributed by atoms with van der Waals surface area (Å²) in [5.41, 5.74) is 4.37. The number of primary amides is 1. The van der Waals surface area contributed by atoms with Gasteiger partial charge in [0.25, 0.3) is 0 Å². The van der Waals surface area contributed by atoms with Crippen molar-refractivity contribution < 1.29 is 35.9 Å². The molecule has 0 aromatic heterocycles. The number of rotatable bonds is 12. The lowest BCUT2D eigenvalue weighted by Gasteiger charge is -2.54. The van der Waals surface area contributed by atoms with Gasteiger partial charge < -0.3 is 25.6 Å². The van der Waals surface area contributed by atoms with Crippen molar-refractivity contribution >= 4 is 27.5 Å². The normalized spacial score (nSPS) is 23.2. The third kappa shape index (κ3) is 7.44. The highest BCUT2D eigenvalue weighted by atomic mass is 32.2. The van der Waals surface area contributed by atoms with Crippen molar-refractivity contribution in [2.75, 3.05) is 64.4 Å². The van der Waals surface area contributed by atoms with Gasteiger partial charge in [-0.2, -0.15) is 0 Å². The van der Waals surface area contributed by atoms with Gasteiger partial charge in [0, 0.05) is 30.1 Å². The quantitative estimate of drug-likeness (QED) is 0.255. The number of hydrogen-bond acceptors (Lipinski definition) is 8. The Kier molecular flexibility index (Phi) is 10.7. The second-order valence-corrected chi connectivity index (χ2v) is 17.5. The van der Waals surface area contributed by atoms with Gasteiger partial charge in [0.1, 0.15) is 11.6 Å². The minimum Gasteiger partial charge on any atom is -0.453 e. The van der Waals surface area contributed by atoms with Crippen LogP contribution >= 0.6 is 0 Å². The summed E-state index contributed by atoms with van der Waals surface area (Å²) in [6.07, 6.45) is 4.86. The Bertz CT molecular complexity index is 1980. The summed E-state index contributed by atoms with van der Waals surface area (Å²) >= 11 is 0. The molecule has 3 heterocycles. The van der Waals surface area contributed by atoms with E-state index in [0.29, 0.717) is 13.1 Å². The highest BCUT2D eigenvalue weighted by molar-refractivity contribution is 7.91. The van der Waals surface area contributed by atoms with Gasteiger partial charge in [-0.05, 0) is 124 Å². The fourth-order valence-corrected chi connectivity index (χ4v) is 10.8. The molecule has 4 aliphatic rings. The molecule has 3 aliphatic heterocycles. The standard InChI is InChI=1S/C40H48F3N5O5S/c1-53-38(50)45-35-11-4-10-33(35)40(26-46-16-5-17-46,29-7-3-8-30(41)21-29)28-14-18-47(19-15-28)23-39(43)24-48(25-39)36-13-12-32(22-34(36)42)54(51,52)31-9-2-6-27(20-31)37(44)49/h2-3,6-9,12-13,20-22,28,33,35H,4-5,10-11,14-19,23-26H2,1H3,(H2,44,49)(H,45,50)/t33-,35-,40-/m0/s1. The van der Waals surface area contributed by atoms with Gasteiger partial charge in [-0.15, -0.1) is 0 Å². The van der Waals surface area contributed by atoms with Crippen molar-refractivity contribution in [3.63, 3.8) is 0 Å². The molecule has 7 rings (SSSR count). The van der Waals surface area contributed by atoms with E-state index < -0.39 is 38.7 Å². The Balaban J connectivity index is 1.04. The Morgan fingerprint density at radius 1 is 0.907 bits per heavy atom. The van der Waals surface area contributed by atoms with Crippen LogP contribution in [-0.2, 0) is 20.0 Å². The lowest BCUT2D eigenvalue weighted by atomic mass is 9.57. The third-order valence-corrected chi connectivity index (χ3v) is 14.0. The number of halogens is 3. The first kappa shape index (κ1) is 38.1. The highest BCUT2D eigenvalue weighted by Gasteiger charge is 2.54. The van der Waals surface area contributed by atoms with Gasteiger partial charge in [0.15, 0.2) is 5.67 Å². The molecule has 3 aromatic carbocycles. The van der Waals surface area contributed by atoms with Crippen LogP contribution in [0.15, 0.2) is 76.5 Å². The molecular formula is C40H48F3N5O5S. The molecule has 54 heavy (non-hydrogen) atoms. The maximum absolute atomic E-state index is 16.2. The smallest absolute Gasteiger partial charge is 0.407 e. The van der Waals surface area contributed by atoms with Gasteiger partial charge in [-0.25, -0.2) is 26.4 Å². The van der Waals surface area contributed by atoms with Gasteiger partial charge in [-0.1, -0.05) is 24.6 Å². The summed E-state index contributed by atoms with van der Waals surface area (Å²) < 4.78 is 78.0. The van der Waals surface area contributed by atoms with E-state index in [1.54, 1.807) is 17.0 Å². The first-order valence-corrected chi connectivity index (χ1v) is 20.2. The molecule has 3 N–H and O–H groups in total. The third-order valence-electron chi connectivity index (χ3n) is 12.2. The Labute approximate surface area is 314 Å². The molecule has 2 amide bonds. The van der Waals surface area contributed by atoms with Crippen molar-refractivity contribution in [1.29, 1.82) is 0 Å². The summed E-state index contributed by atoms with van der Waals surface area (Å²) in [6.45, 7) is 4.10. The van der Waals surface area contributed by atoms with Crippen molar-refractivity contribution in [1.82, 2.24) is 15.1 Å². The largest absolute Gasteiger partial charge is 0.453 e. The van der Waals surface area contributed by atoms with Crippen molar-refractivity contribution in [2.24, 2.45) is 17.6 Å². The van der Waals surface area contributed by atoms with E-state index in [-0.39, 0.29) is 64.4 Å². The van der Waals surface area contributed by atoms with E-state index in [4.69, 9.17) is 10.5 Å². The number of methoxy groups -OCH3 is 1. The van der Waals surface area contributed by atoms with E-state index in [9.17, 15) is 22.4 Å². The SMILES string of the molecule is COC(=O)N[C@H]1CCC[C@@H]1[C@](CN1CCC1)(c1cccc(F)c1)C1CCN(CC2(F)CN(c3ccc(S(=O)(=O)c4cccc(C(N)=O)c4)cc3F)C2)CC1. The number of anilines is 1. The van der Waals surface area contributed by atoms with Gasteiger partial charge in [-0.3, -0.25) is 9.69 Å². The molecule has 10 nitrogen and oxygen atoms in total. The minimum atomic E-state index is -4.14. The van der Waals surface area contributed by atoms with Crippen LogP contribution in [-0.4, -0.2) is 101 Å². The number of nitrogens with one attached hydrogen (secondary N) is 1. The number of carbonyl (C=O) groups excluding carboxylic acids is 2. The van der Waals surface area contributed by atoms with Crippen molar-refractivity contribution in [2.45, 2.75) is 65.4 Å². The second-order valence-electron chi connectivity index (χ2n) is 15.5. The fourth-order valence-electron chi connectivity index (χ4n) is 9.52. The Hall–Kier alpha value is -4.14. The zero-order chi connectivity index (χ0) is 38.3. The lowest BCUT2D eigenvalue weighted by Crippen LogP contribution is -2.65. The molecule has 1 saturated carbocycles. The van der Waals surface area contributed by atoms with Crippen LogP contribution in [0.25, 0.3) is 0 Å². The number of alkyl carbamates (subject to hydrolysis) is 1. The molecule has 3 atom stereocenters. The zero-order valence-corrected chi connectivity index (χ0v) is 31.3. The van der Waals surface area contributed by atoms with Gasteiger partial charge in [0.2, 0.25) is 15.7 Å². The van der Waals surface area contributed by atoms with E-state index in [0.717, 1.165) is 75.9 Å². The van der Waals surface area contributed by atoms with Gasteiger partial charge in [0.05, 0.1) is 35.7 Å². The average Bonchev–Trinajstić information content (AvgIpc) is 3.59. The molecule has 3 aromatic rings. The molecule has 1 aliphatic carbocycles. The number of ether oxygens (including phenoxy) is 1. The maximum atomic E-state index is 16.2. The van der Waals surface area contributed by atoms with Crippen molar-refractivity contribution in [3.05, 3.63) is 89.5 Å². The predicted octanol–water partition coefficient (Wildman–Crippen LogP) is 5.31. The summed E-state index contributed by atoms with van der Waals surface area (Å²) in [4.78, 5) is 29.7. The lowest BCUT2D eigenvalue weighted by molar-refractivity contribution is 0.00575. The molecule has 0 spiro atoms. The summed E-state index contributed by atoms with van der Waals surface area (Å²) in [5.74, 6) is -1.62. The van der Waals surface area contributed by atoms with Crippen LogP contribution in [0.4, 0.5) is 23.7 Å². The van der Waals surface area contributed by atoms with E-state index in [1.807, 2.05) is 6.07 Å². The van der Waals surface area contributed by atoms with Crippen LogP contribution in [0.1, 0.15) is 54.4 Å². The molecular weight excluding hydrogens is 720 g/mol. The molecule has 0 unspecified atom stereocenters. The number of sulfone groups is 1. The summed E-state index contributed by atoms with van der Waals surface area (Å²) in [6, 6.07) is 15.6. The Morgan fingerprint density at radius 3 is 2.28 bits per heavy atom. The minimum absolute atomic E-state index is 0.0187. The van der Waals surface area contributed by atoms with E-state index in [2.05, 4.69) is 15.1 Å². The number of piperidine rings is 1. The number of likely N-dealkylation sites (tertiary alicyclic amines) is 2. The van der Waals surface area contributed by atoms with Crippen LogP contribution in [0.5, 0.6) is 0 Å². The summed E-state index contributed by atoms with van der Waals surface area (Å²) in [5, 5.41) is 3.11. The molecule has 14 heteroatoms. The van der Waals surface area contributed by atoms with Crippen LogP contribution in [0.2, 0.25) is 0 Å².